The van der Waals surface area contributed by atoms with Gasteiger partial charge in [0.15, 0.2) is 0 Å². The molecule has 0 N–H and O–H groups in total. The molecule has 2 heteroatoms. The molecule has 6 rings (SSSR count). The van der Waals surface area contributed by atoms with Crippen molar-refractivity contribution in [3.05, 3.63) is 71.5 Å². The number of hydrogen-bond acceptors (Lipinski definition) is 2. The Morgan fingerprint density at radius 3 is 2.83 bits per heavy atom. The van der Waals surface area contributed by atoms with Crippen LogP contribution >= 0.6 is 0 Å². The highest BCUT2D eigenvalue weighted by molar-refractivity contribution is 6.08. The molecule has 2 nitrogen and oxygen atoms in total. The lowest BCUT2D eigenvalue weighted by molar-refractivity contribution is 0.362. The molecule has 2 heterocycles. The van der Waals surface area contributed by atoms with Crippen molar-refractivity contribution in [1.82, 2.24) is 0 Å². The van der Waals surface area contributed by atoms with E-state index in [-0.39, 0.29) is 0 Å². The number of fused-ring (bicyclic) bond motifs is 9. The van der Waals surface area contributed by atoms with Crippen molar-refractivity contribution in [2.45, 2.75) is 6.42 Å². The molecule has 0 atom stereocenters. The highest BCUT2D eigenvalue weighted by Crippen LogP contribution is 2.49. The van der Waals surface area contributed by atoms with Gasteiger partial charge in [-0.05, 0) is 58.3 Å². The molecule has 0 radical (unpaired) electrons. The van der Waals surface area contributed by atoms with Gasteiger partial charge in [-0.25, -0.2) is 0 Å². The average molecular weight is 310 g/mol. The second-order valence-corrected chi connectivity index (χ2v) is 6.50. The Kier molecular flexibility index (Phi) is 2.22. The van der Waals surface area contributed by atoms with Crippen LogP contribution in [0.4, 0.5) is 0 Å². The second-order valence-electron chi connectivity index (χ2n) is 6.50. The number of hydrogen-bond donors (Lipinski definition) is 0. The number of ether oxygens (including phenoxy) is 1. The summed E-state index contributed by atoms with van der Waals surface area (Å²) < 4.78 is 11.7. The highest BCUT2D eigenvalue weighted by atomic mass is 16.5. The lowest BCUT2D eigenvalue weighted by Gasteiger charge is -2.19. The summed E-state index contributed by atoms with van der Waals surface area (Å²) in [5, 5.41) is 3.64. The molecule has 4 aromatic rings. The molecular formula is C22H14O2. The third-order valence-corrected chi connectivity index (χ3v) is 5.24. The first kappa shape index (κ1) is 12.4. The van der Waals surface area contributed by atoms with Crippen molar-refractivity contribution in [2.24, 2.45) is 0 Å². The minimum atomic E-state index is 0.648. The summed E-state index contributed by atoms with van der Waals surface area (Å²) in [4.78, 5) is 0. The molecule has 2 aliphatic rings. The van der Waals surface area contributed by atoms with E-state index >= 15 is 0 Å². The fourth-order valence-corrected chi connectivity index (χ4v) is 4.23. The highest BCUT2D eigenvalue weighted by Gasteiger charge is 2.28. The summed E-state index contributed by atoms with van der Waals surface area (Å²) >= 11 is 0. The zero-order chi connectivity index (χ0) is 15.7. The summed E-state index contributed by atoms with van der Waals surface area (Å²) in [5.41, 5.74) is 7.58. The summed E-state index contributed by atoms with van der Waals surface area (Å²) in [5.74, 6) is 1.03. The summed E-state index contributed by atoms with van der Waals surface area (Å²) in [6.07, 6.45) is 7.04. The molecule has 0 bridgehead atoms. The predicted octanol–water partition coefficient (Wildman–Crippen LogP) is 5.56. The van der Waals surface area contributed by atoms with Crippen LogP contribution in [-0.2, 0) is 6.42 Å². The van der Waals surface area contributed by atoms with Gasteiger partial charge in [0.05, 0.1) is 6.26 Å². The van der Waals surface area contributed by atoms with E-state index < -0.39 is 0 Å². The van der Waals surface area contributed by atoms with Crippen molar-refractivity contribution in [3.63, 3.8) is 0 Å². The van der Waals surface area contributed by atoms with Crippen LogP contribution in [-0.4, -0.2) is 6.61 Å². The lowest BCUT2D eigenvalue weighted by Crippen LogP contribution is -2.04. The summed E-state index contributed by atoms with van der Waals surface area (Å²) in [6, 6.07) is 15.1. The van der Waals surface area contributed by atoms with E-state index in [2.05, 4.69) is 48.6 Å². The minimum Gasteiger partial charge on any atom is -0.488 e. The van der Waals surface area contributed by atoms with Gasteiger partial charge in [-0.2, -0.15) is 0 Å². The van der Waals surface area contributed by atoms with Crippen molar-refractivity contribution < 1.29 is 9.15 Å². The topological polar surface area (TPSA) is 22.4 Å². The quantitative estimate of drug-likeness (QED) is 0.373. The largest absolute Gasteiger partial charge is 0.488 e. The van der Waals surface area contributed by atoms with Crippen LogP contribution in [0.2, 0.25) is 0 Å². The van der Waals surface area contributed by atoms with E-state index in [1.807, 2.05) is 6.07 Å². The number of rotatable bonds is 0. The molecule has 24 heavy (non-hydrogen) atoms. The van der Waals surface area contributed by atoms with Crippen molar-refractivity contribution in [1.29, 1.82) is 0 Å². The fraction of sp³-hybridized carbons (Fsp3) is 0.0909. The van der Waals surface area contributed by atoms with Crippen LogP contribution in [0.25, 0.3) is 38.9 Å². The molecule has 1 aliphatic carbocycles. The van der Waals surface area contributed by atoms with Crippen LogP contribution in [0.3, 0.4) is 0 Å². The van der Waals surface area contributed by atoms with Gasteiger partial charge < -0.3 is 9.15 Å². The van der Waals surface area contributed by atoms with Crippen molar-refractivity contribution >= 4 is 27.8 Å². The monoisotopic (exact) mass is 310 g/mol. The van der Waals surface area contributed by atoms with E-state index in [4.69, 9.17) is 9.15 Å². The maximum atomic E-state index is 6.02. The Morgan fingerprint density at radius 2 is 1.88 bits per heavy atom. The Balaban J connectivity index is 1.80. The Hall–Kier alpha value is -3.00. The molecule has 0 saturated carbocycles. The molecule has 3 aromatic carbocycles. The van der Waals surface area contributed by atoms with Gasteiger partial charge in [-0.1, -0.05) is 30.3 Å². The van der Waals surface area contributed by atoms with Gasteiger partial charge in [-0.3, -0.25) is 0 Å². The summed E-state index contributed by atoms with van der Waals surface area (Å²) in [7, 11) is 0. The molecule has 0 saturated heterocycles. The molecule has 0 unspecified atom stereocenters. The normalized spacial score (nSPS) is 14.5. The lowest BCUT2D eigenvalue weighted by atomic mass is 9.92. The SMILES string of the molecule is C1=Cc2c3c(c4ccccc4c2OC1)-c1cc2occc2cc1C3. The minimum absolute atomic E-state index is 0.648. The average Bonchev–Trinajstić information content (AvgIpc) is 3.23. The van der Waals surface area contributed by atoms with E-state index in [9.17, 15) is 0 Å². The molecule has 0 fully saturated rings. The Morgan fingerprint density at radius 1 is 0.958 bits per heavy atom. The van der Waals surface area contributed by atoms with E-state index in [1.165, 1.54) is 44.0 Å². The molecular weight excluding hydrogens is 296 g/mol. The zero-order valence-electron chi connectivity index (χ0n) is 13.0. The third-order valence-electron chi connectivity index (χ3n) is 5.24. The first-order valence-corrected chi connectivity index (χ1v) is 8.27. The van der Waals surface area contributed by atoms with Crippen LogP contribution in [0, 0.1) is 0 Å². The maximum absolute atomic E-state index is 6.02. The van der Waals surface area contributed by atoms with Crippen molar-refractivity contribution in [2.75, 3.05) is 6.61 Å². The molecule has 1 aliphatic heterocycles. The Labute approximate surface area is 139 Å². The Bertz CT molecular complexity index is 1180. The van der Waals surface area contributed by atoms with E-state index in [0.717, 1.165) is 17.8 Å². The zero-order valence-corrected chi connectivity index (χ0v) is 13.0. The van der Waals surface area contributed by atoms with E-state index in [1.54, 1.807) is 6.26 Å². The second kappa shape index (κ2) is 4.30. The standard InChI is InChI=1S/C22H14O2/c1-2-5-16-15(4-1)21-18-12-20-13(7-9-23-20)10-14(18)11-19(21)17-6-3-8-24-22(16)17/h1-7,9-10,12H,8,11H2. The molecule has 114 valence electrons. The third kappa shape index (κ3) is 1.46. The van der Waals surface area contributed by atoms with Gasteiger partial charge in [-0.15, -0.1) is 0 Å². The summed E-state index contributed by atoms with van der Waals surface area (Å²) in [6.45, 7) is 0.648. The van der Waals surface area contributed by atoms with Crippen LogP contribution in [0.5, 0.6) is 5.75 Å². The van der Waals surface area contributed by atoms with Gasteiger partial charge in [0, 0.05) is 16.3 Å². The van der Waals surface area contributed by atoms with Crippen LogP contribution in [0.15, 0.2) is 59.2 Å². The van der Waals surface area contributed by atoms with Crippen molar-refractivity contribution in [3.8, 4) is 16.9 Å². The van der Waals surface area contributed by atoms with Gasteiger partial charge in [0.1, 0.15) is 17.9 Å². The smallest absolute Gasteiger partial charge is 0.135 e. The number of furan rings is 1. The first-order valence-electron chi connectivity index (χ1n) is 8.27. The van der Waals surface area contributed by atoms with Crippen LogP contribution < -0.4 is 4.74 Å². The van der Waals surface area contributed by atoms with Crippen LogP contribution in [0.1, 0.15) is 16.7 Å². The predicted molar refractivity (Wildman–Crippen MR) is 96.5 cm³/mol. The molecule has 0 spiro atoms. The van der Waals surface area contributed by atoms with Gasteiger partial charge in [0.2, 0.25) is 0 Å². The van der Waals surface area contributed by atoms with E-state index in [0.29, 0.717) is 6.61 Å². The first-order chi connectivity index (χ1) is 11.9. The molecule has 1 aromatic heterocycles. The molecule has 0 amide bonds. The van der Waals surface area contributed by atoms with Gasteiger partial charge >= 0.3 is 0 Å². The fourth-order valence-electron chi connectivity index (χ4n) is 4.23. The maximum Gasteiger partial charge on any atom is 0.135 e. The number of benzene rings is 3. The van der Waals surface area contributed by atoms with Gasteiger partial charge in [0.25, 0.3) is 0 Å².